The predicted octanol–water partition coefficient (Wildman–Crippen LogP) is 3.50. The molecule has 0 spiro atoms. The fraction of sp³-hybridized carbons (Fsp3) is 0.235. The summed E-state index contributed by atoms with van der Waals surface area (Å²) in [7, 11) is 3.25. The number of nitrogens with one attached hydrogen (secondary N) is 1. The van der Waals surface area contributed by atoms with E-state index >= 15 is 0 Å². The highest BCUT2D eigenvalue weighted by atomic mass is 16.5. The molecule has 0 aromatic heterocycles. The van der Waals surface area contributed by atoms with Crippen LogP contribution in [0.25, 0.3) is 0 Å². The van der Waals surface area contributed by atoms with Gasteiger partial charge in [0.05, 0.1) is 25.5 Å². The van der Waals surface area contributed by atoms with Crippen molar-refractivity contribution >= 4 is 5.69 Å². The van der Waals surface area contributed by atoms with Crippen LogP contribution in [0.15, 0.2) is 36.4 Å². The van der Waals surface area contributed by atoms with E-state index in [9.17, 15) is 5.26 Å². The second-order valence-electron chi connectivity index (χ2n) is 4.64. The lowest BCUT2D eigenvalue weighted by Gasteiger charge is -2.13. The summed E-state index contributed by atoms with van der Waals surface area (Å²) >= 11 is 0. The van der Waals surface area contributed by atoms with Crippen LogP contribution in [0, 0.1) is 18.3 Å². The van der Waals surface area contributed by atoms with Crippen LogP contribution in [0.5, 0.6) is 11.5 Å². The summed E-state index contributed by atoms with van der Waals surface area (Å²) in [5.74, 6) is 1.51. The Kier molecular flexibility index (Phi) is 4.68. The van der Waals surface area contributed by atoms with Crippen molar-refractivity contribution < 1.29 is 9.47 Å². The van der Waals surface area contributed by atoms with Gasteiger partial charge >= 0.3 is 0 Å². The molecule has 2 rings (SSSR count). The van der Waals surface area contributed by atoms with E-state index in [1.165, 1.54) is 0 Å². The van der Waals surface area contributed by atoms with E-state index in [1.807, 2.05) is 43.3 Å². The minimum Gasteiger partial charge on any atom is -0.497 e. The van der Waals surface area contributed by atoms with Crippen LogP contribution in [-0.4, -0.2) is 14.2 Å². The third kappa shape index (κ3) is 3.26. The van der Waals surface area contributed by atoms with Crippen LogP contribution < -0.4 is 14.8 Å². The first-order chi connectivity index (χ1) is 10.2. The molecule has 0 aliphatic rings. The molecule has 0 radical (unpaired) electrons. The van der Waals surface area contributed by atoms with Gasteiger partial charge in [0.1, 0.15) is 17.6 Å². The number of hydrogen-bond acceptors (Lipinski definition) is 4. The molecule has 21 heavy (non-hydrogen) atoms. The van der Waals surface area contributed by atoms with Crippen molar-refractivity contribution in [1.29, 1.82) is 5.26 Å². The van der Waals surface area contributed by atoms with Crippen LogP contribution in [0.4, 0.5) is 5.69 Å². The second kappa shape index (κ2) is 6.67. The molecule has 4 nitrogen and oxygen atoms in total. The van der Waals surface area contributed by atoms with Crippen molar-refractivity contribution in [3.05, 3.63) is 53.1 Å². The van der Waals surface area contributed by atoms with Crippen molar-refractivity contribution in [3.63, 3.8) is 0 Å². The van der Waals surface area contributed by atoms with Gasteiger partial charge in [-0.25, -0.2) is 0 Å². The third-order valence-electron chi connectivity index (χ3n) is 3.35. The molecule has 0 aliphatic heterocycles. The molecule has 4 heteroatoms. The molecular weight excluding hydrogens is 264 g/mol. The molecule has 2 aromatic carbocycles. The highest BCUT2D eigenvalue weighted by Crippen LogP contribution is 2.26. The number of nitriles is 1. The fourth-order valence-corrected chi connectivity index (χ4v) is 2.15. The van der Waals surface area contributed by atoms with E-state index in [-0.39, 0.29) is 0 Å². The van der Waals surface area contributed by atoms with Gasteiger partial charge in [-0.05, 0) is 30.7 Å². The quantitative estimate of drug-likeness (QED) is 0.912. The molecule has 0 atom stereocenters. The first kappa shape index (κ1) is 14.7. The molecule has 0 amide bonds. The summed E-state index contributed by atoms with van der Waals surface area (Å²) in [5, 5.41) is 12.5. The van der Waals surface area contributed by atoms with Gasteiger partial charge in [-0.3, -0.25) is 0 Å². The SMILES string of the molecule is COc1ccc(CNc2cccc(C)c2C#N)c(OC)c1. The third-order valence-corrected chi connectivity index (χ3v) is 3.35. The molecule has 108 valence electrons. The van der Waals surface area contributed by atoms with Crippen molar-refractivity contribution in [2.45, 2.75) is 13.5 Å². The number of hydrogen-bond donors (Lipinski definition) is 1. The average molecular weight is 282 g/mol. The Hall–Kier alpha value is -2.67. The van der Waals surface area contributed by atoms with E-state index in [2.05, 4.69) is 11.4 Å². The standard InChI is InChI=1S/C17H18N2O2/c1-12-5-4-6-16(15(12)10-18)19-11-13-7-8-14(20-2)9-17(13)21-3/h4-9,19H,11H2,1-3H3. The second-order valence-corrected chi connectivity index (χ2v) is 4.64. The normalized spacial score (nSPS) is 9.81. The molecule has 0 bridgehead atoms. The summed E-state index contributed by atoms with van der Waals surface area (Å²) in [6.07, 6.45) is 0. The van der Waals surface area contributed by atoms with Crippen molar-refractivity contribution in [1.82, 2.24) is 0 Å². The van der Waals surface area contributed by atoms with Crippen LogP contribution in [-0.2, 0) is 6.54 Å². The van der Waals surface area contributed by atoms with Crippen LogP contribution in [0.1, 0.15) is 16.7 Å². The van der Waals surface area contributed by atoms with Crippen molar-refractivity contribution in [2.75, 3.05) is 19.5 Å². The van der Waals surface area contributed by atoms with Gasteiger partial charge < -0.3 is 14.8 Å². The van der Waals surface area contributed by atoms with Crippen LogP contribution in [0.2, 0.25) is 0 Å². The zero-order chi connectivity index (χ0) is 15.2. The van der Waals surface area contributed by atoms with E-state index in [0.717, 1.165) is 28.3 Å². The number of aryl methyl sites for hydroxylation is 1. The number of nitrogens with zero attached hydrogens (tertiary/aromatic N) is 1. The Morgan fingerprint density at radius 2 is 1.95 bits per heavy atom. The van der Waals surface area contributed by atoms with Gasteiger partial charge in [-0.1, -0.05) is 12.1 Å². The summed E-state index contributed by atoms with van der Waals surface area (Å²) in [5.41, 5.74) is 3.47. The Bertz CT molecular complexity index is 675. The van der Waals surface area contributed by atoms with E-state index < -0.39 is 0 Å². The fourth-order valence-electron chi connectivity index (χ4n) is 2.15. The number of rotatable bonds is 5. The first-order valence-corrected chi connectivity index (χ1v) is 6.64. The highest BCUT2D eigenvalue weighted by molar-refractivity contribution is 5.61. The lowest BCUT2D eigenvalue weighted by molar-refractivity contribution is 0.391. The van der Waals surface area contributed by atoms with E-state index in [4.69, 9.17) is 9.47 Å². The van der Waals surface area contributed by atoms with Crippen molar-refractivity contribution in [2.24, 2.45) is 0 Å². The minimum absolute atomic E-state index is 0.575. The molecule has 2 aromatic rings. The zero-order valence-corrected chi connectivity index (χ0v) is 12.4. The zero-order valence-electron chi connectivity index (χ0n) is 12.4. The number of anilines is 1. The Morgan fingerprint density at radius 1 is 1.14 bits per heavy atom. The topological polar surface area (TPSA) is 54.3 Å². The number of ether oxygens (including phenoxy) is 2. The average Bonchev–Trinajstić information content (AvgIpc) is 2.52. The molecule has 0 aliphatic carbocycles. The summed E-state index contributed by atoms with van der Waals surface area (Å²) in [6.45, 7) is 2.50. The predicted molar refractivity (Wildman–Crippen MR) is 82.8 cm³/mol. The van der Waals surface area contributed by atoms with Crippen LogP contribution in [0.3, 0.4) is 0 Å². The lowest BCUT2D eigenvalue weighted by Crippen LogP contribution is -2.04. The van der Waals surface area contributed by atoms with Gasteiger partial charge in [0.25, 0.3) is 0 Å². The van der Waals surface area contributed by atoms with Gasteiger partial charge in [0.15, 0.2) is 0 Å². The molecule has 0 saturated carbocycles. The van der Waals surface area contributed by atoms with Gasteiger partial charge in [0, 0.05) is 18.2 Å². The monoisotopic (exact) mass is 282 g/mol. The smallest absolute Gasteiger partial charge is 0.127 e. The Morgan fingerprint density at radius 3 is 2.62 bits per heavy atom. The molecule has 0 saturated heterocycles. The van der Waals surface area contributed by atoms with E-state index in [1.54, 1.807) is 14.2 Å². The van der Waals surface area contributed by atoms with Crippen LogP contribution >= 0.6 is 0 Å². The largest absolute Gasteiger partial charge is 0.497 e. The molecule has 0 heterocycles. The molecule has 1 N–H and O–H groups in total. The summed E-state index contributed by atoms with van der Waals surface area (Å²) < 4.78 is 10.6. The summed E-state index contributed by atoms with van der Waals surface area (Å²) in [6, 6.07) is 13.7. The number of methoxy groups -OCH3 is 2. The maximum absolute atomic E-state index is 9.23. The number of benzene rings is 2. The molecule has 0 fully saturated rings. The molecule has 0 unspecified atom stereocenters. The Balaban J connectivity index is 2.21. The maximum Gasteiger partial charge on any atom is 0.127 e. The maximum atomic E-state index is 9.23. The summed E-state index contributed by atoms with van der Waals surface area (Å²) in [4.78, 5) is 0. The minimum atomic E-state index is 0.575. The Labute approximate surface area is 124 Å². The highest BCUT2D eigenvalue weighted by Gasteiger charge is 2.08. The van der Waals surface area contributed by atoms with Gasteiger partial charge in [0.2, 0.25) is 0 Å². The molecular formula is C17H18N2O2. The first-order valence-electron chi connectivity index (χ1n) is 6.64. The van der Waals surface area contributed by atoms with Crippen molar-refractivity contribution in [3.8, 4) is 17.6 Å². The van der Waals surface area contributed by atoms with E-state index in [0.29, 0.717) is 12.1 Å². The lowest BCUT2D eigenvalue weighted by atomic mass is 10.1. The van der Waals surface area contributed by atoms with Gasteiger partial charge in [-0.15, -0.1) is 0 Å². The van der Waals surface area contributed by atoms with Gasteiger partial charge in [-0.2, -0.15) is 5.26 Å².